The maximum absolute atomic E-state index is 4.95. The lowest BCUT2D eigenvalue weighted by Crippen LogP contribution is -2.17. The first-order valence-corrected chi connectivity index (χ1v) is 9.85. The number of para-hydroxylation sites is 1. The van der Waals surface area contributed by atoms with Gasteiger partial charge in [0, 0.05) is 40.3 Å². The van der Waals surface area contributed by atoms with Crippen LogP contribution < -0.4 is 10.6 Å². The average molecular weight is 365 g/mol. The summed E-state index contributed by atoms with van der Waals surface area (Å²) in [5, 5.41) is 7.30. The molecule has 2 aromatic carbocycles. The van der Waals surface area contributed by atoms with Crippen LogP contribution >= 0.6 is 0 Å². The Labute approximate surface area is 165 Å². The lowest BCUT2D eigenvalue weighted by molar-refractivity contribution is 0.967. The van der Waals surface area contributed by atoms with Gasteiger partial charge in [0.25, 0.3) is 0 Å². The van der Waals surface area contributed by atoms with Gasteiger partial charge >= 0.3 is 0 Å². The van der Waals surface area contributed by atoms with Crippen molar-refractivity contribution in [2.75, 3.05) is 17.2 Å². The number of rotatable bonds is 3. The molecule has 0 saturated carbocycles. The van der Waals surface area contributed by atoms with Crippen molar-refractivity contribution < 1.29 is 0 Å². The summed E-state index contributed by atoms with van der Waals surface area (Å²) in [7, 11) is 0. The summed E-state index contributed by atoms with van der Waals surface area (Å²) in [6, 6.07) is 21.1. The van der Waals surface area contributed by atoms with E-state index in [1.807, 2.05) is 6.07 Å². The third-order valence-electron chi connectivity index (χ3n) is 5.49. The van der Waals surface area contributed by atoms with Crippen LogP contribution in [-0.2, 0) is 6.42 Å². The quantitative estimate of drug-likeness (QED) is 0.600. The highest BCUT2D eigenvalue weighted by Crippen LogP contribution is 2.36. The molecule has 0 atom stereocenters. The normalized spacial score (nSPS) is 14.9. The molecule has 2 heterocycles. The van der Waals surface area contributed by atoms with E-state index in [1.54, 1.807) is 0 Å². The fraction of sp³-hybridized carbons (Fsp3) is 0.160. The van der Waals surface area contributed by atoms with E-state index in [0.717, 1.165) is 36.3 Å². The van der Waals surface area contributed by atoms with Gasteiger partial charge in [-0.15, -0.1) is 0 Å². The van der Waals surface area contributed by atoms with E-state index in [-0.39, 0.29) is 0 Å². The van der Waals surface area contributed by atoms with Crippen LogP contribution in [0.1, 0.15) is 30.2 Å². The summed E-state index contributed by atoms with van der Waals surface area (Å²) in [5.74, 6) is 0. The molecule has 1 aliphatic heterocycles. The second kappa shape index (κ2) is 7.01. The van der Waals surface area contributed by atoms with E-state index in [9.17, 15) is 0 Å². The Bertz CT molecular complexity index is 1090. The Balaban J connectivity index is 1.63. The fourth-order valence-electron chi connectivity index (χ4n) is 3.99. The van der Waals surface area contributed by atoms with Crippen molar-refractivity contribution in [1.82, 2.24) is 4.98 Å². The van der Waals surface area contributed by atoms with Gasteiger partial charge in [-0.1, -0.05) is 54.6 Å². The fourth-order valence-corrected chi connectivity index (χ4v) is 3.99. The minimum atomic E-state index is 0.859. The molecule has 0 unspecified atom stereocenters. The first kappa shape index (κ1) is 16.8. The van der Waals surface area contributed by atoms with E-state index >= 15 is 0 Å². The summed E-state index contributed by atoms with van der Waals surface area (Å²) in [5.41, 5.74) is 10.6. The van der Waals surface area contributed by atoms with Gasteiger partial charge in [-0.05, 0) is 43.5 Å². The molecule has 3 aromatic rings. The first-order valence-electron chi connectivity index (χ1n) is 9.85. The number of benzene rings is 2. The lowest BCUT2D eigenvalue weighted by atomic mass is 9.96. The van der Waals surface area contributed by atoms with Crippen molar-refractivity contribution in [3.8, 4) is 11.3 Å². The zero-order valence-electron chi connectivity index (χ0n) is 16.0. The van der Waals surface area contributed by atoms with Gasteiger partial charge in [0.1, 0.15) is 0 Å². The van der Waals surface area contributed by atoms with Crippen LogP contribution in [0.3, 0.4) is 0 Å². The molecule has 28 heavy (non-hydrogen) atoms. The smallest absolute Gasteiger partial charge is 0.0730 e. The summed E-state index contributed by atoms with van der Waals surface area (Å²) < 4.78 is 0. The zero-order chi connectivity index (χ0) is 18.9. The van der Waals surface area contributed by atoms with Crippen LogP contribution in [0, 0.1) is 0 Å². The van der Waals surface area contributed by atoms with Crippen LogP contribution in [0.25, 0.3) is 23.0 Å². The largest absolute Gasteiger partial charge is 0.381 e. The SMILES string of the molecule is CC1=C(Nc2cc(-c3ccccc3)nc3c2CCC=C3)c2ccccc2NC1. The molecule has 0 spiro atoms. The summed E-state index contributed by atoms with van der Waals surface area (Å²) >= 11 is 0. The molecule has 0 amide bonds. The Morgan fingerprint density at radius 3 is 2.71 bits per heavy atom. The topological polar surface area (TPSA) is 37.0 Å². The minimum absolute atomic E-state index is 0.859. The highest BCUT2D eigenvalue weighted by atomic mass is 15.0. The average Bonchev–Trinajstić information content (AvgIpc) is 2.76. The molecule has 138 valence electrons. The number of hydrogen-bond donors (Lipinski definition) is 2. The molecule has 3 nitrogen and oxygen atoms in total. The van der Waals surface area contributed by atoms with Crippen LogP contribution in [0.2, 0.25) is 0 Å². The number of aromatic nitrogens is 1. The summed E-state index contributed by atoms with van der Waals surface area (Å²) in [4.78, 5) is 4.95. The molecular weight excluding hydrogens is 342 g/mol. The van der Waals surface area contributed by atoms with E-state index in [2.05, 4.69) is 84.3 Å². The Morgan fingerprint density at radius 2 is 1.82 bits per heavy atom. The Morgan fingerprint density at radius 1 is 1.00 bits per heavy atom. The van der Waals surface area contributed by atoms with Gasteiger partial charge < -0.3 is 10.6 Å². The van der Waals surface area contributed by atoms with Crippen LogP contribution in [-0.4, -0.2) is 11.5 Å². The van der Waals surface area contributed by atoms with Crippen LogP contribution in [0.5, 0.6) is 0 Å². The summed E-state index contributed by atoms with van der Waals surface area (Å²) in [6.45, 7) is 3.05. The highest BCUT2D eigenvalue weighted by molar-refractivity contribution is 5.89. The number of nitrogens with one attached hydrogen (secondary N) is 2. The molecule has 0 fully saturated rings. The van der Waals surface area contributed by atoms with Crippen LogP contribution in [0.4, 0.5) is 11.4 Å². The van der Waals surface area contributed by atoms with Crippen molar-refractivity contribution >= 4 is 23.1 Å². The van der Waals surface area contributed by atoms with Gasteiger partial charge in [0.15, 0.2) is 0 Å². The maximum atomic E-state index is 4.95. The maximum Gasteiger partial charge on any atom is 0.0730 e. The predicted octanol–water partition coefficient (Wildman–Crippen LogP) is 5.98. The minimum Gasteiger partial charge on any atom is -0.381 e. The molecule has 5 rings (SSSR count). The van der Waals surface area contributed by atoms with Crippen molar-refractivity contribution in [3.63, 3.8) is 0 Å². The molecule has 3 heteroatoms. The molecule has 0 bridgehead atoms. The molecule has 2 N–H and O–H groups in total. The number of hydrogen-bond acceptors (Lipinski definition) is 3. The molecular formula is C25H23N3. The zero-order valence-corrected chi connectivity index (χ0v) is 16.0. The third kappa shape index (κ3) is 2.99. The van der Waals surface area contributed by atoms with Crippen molar-refractivity contribution in [3.05, 3.63) is 89.1 Å². The number of fused-ring (bicyclic) bond motifs is 2. The van der Waals surface area contributed by atoms with E-state index < -0.39 is 0 Å². The predicted molar refractivity (Wildman–Crippen MR) is 118 cm³/mol. The van der Waals surface area contributed by atoms with Gasteiger partial charge in [0.05, 0.1) is 11.4 Å². The Kier molecular flexibility index (Phi) is 4.21. The molecule has 2 aliphatic rings. The molecule has 0 radical (unpaired) electrons. The number of allylic oxidation sites excluding steroid dienone is 1. The summed E-state index contributed by atoms with van der Waals surface area (Å²) in [6.07, 6.45) is 6.46. The van der Waals surface area contributed by atoms with E-state index in [4.69, 9.17) is 4.98 Å². The van der Waals surface area contributed by atoms with Crippen molar-refractivity contribution in [2.45, 2.75) is 19.8 Å². The first-order chi connectivity index (χ1) is 13.8. The molecule has 1 aromatic heterocycles. The number of nitrogens with zero attached hydrogens (tertiary/aromatic N) is 1. The van der Waals surface area contributed by atoms with E-state index in [0.29, 0.717) is 0 Å². The third-order valence-corrected chi connectivity index (χ3v) is 5.49. The van der Waals surface area contributed by atoms with Gasteiger partial charge in [-0.2, -0.15) is 0 Å². The standard InChI is InChI=1S/C25H23N3/c1-17-16-26-21-13-7-6-12-20(21)25(17)28-24-15-23(18-9-3-2-4-10-18)27-22-14-8-5-11-19(22)24/h2-4,6-10,12-15,26H,5,11,16H2,1H3,(H,27,28). The Hall–Kier alpha value is -3.33. The van der Waals surface area contributed by atoms with Gasteiger partial charge in [-0.3, -0.25) is 0 Å². The lowest BCUT2D eigenvalue weighted by Gasteiger charge is -2.26. The van der Waals surface area contributed by atoms with Gasteiger partial charge in [0.2, 0.25) is 0 Å². The highest BCUT2D eigenvalue weighted by Gasteiger charge is 2.19. The van der Waals surface area contributed by atoms with Crippen molar-refractivity contribution in [1.29, 1.82) is 0 Å². The monoisotopic (exact) mass is 365 g/mol. The second-order valence-corrected chi connectivity index (χ2v) is 7.41. The number of anilines is 2. The molecule has 1 aliphatic carbocycles. The van der Waals surface area contributed by atoms with E-state index in [1.165, 1.54) is 33.8 Å². The molecule has 0 saturated heterocycles. The second-order valence-electron chi connectivity index (χ2n) is 7.41. The van der Waals surface area contributed by atoms with Gasteiger partial charge in [-0.25, -0.2) is 4.98 Å². The van der Waals surface area contributed by atoms with Crippen molar-refractivity contribution in [2.24, 2.45) is 0 Å². The van der Waals surface area contributed by atoms with Crippen LogP contribution in [0.15, 0.2) is 72.3 Å². The number of pyridine rings is 1.